The molecule has 7 nitrogen and oxygen atoms in total. The second-order valence-corrected chi connectivity index (χ2v) is 8.42. The Morgan fingerprint density at radius 1 is 1.04 bits per heavy atom. The minimum Gasteiger partial charge on any atom is -0.444 e. The third kappa shape index (κ3) is 4.74. The van der Waals surface area contributed by atoms with Gasteiger partial charge in [-0.15, -0.1) is 0 Å². The monoisotopic (exact) mass is 352 g/mol. The number of ether oxygens (including phenoxy) is 2. The predicted molar refractivity (Wildman–Crippen MR) is 92.0 cm³/mol. The molecule has 0 N–H and O–H groups in total. The number of carbonyl (C=O) groups excluding carboxylic acids is 3. The van der Waals surface area contributed by atoms with Crippen molar-refractivity contribution in [2.24, 2.45) is 0 Å². The highest BCUT2D eigenvalue weighted by Gasteiger charge is 2.45. The fraction of sp³-hybridized carbons (Fsp3) is 0.722. The van der Waals surface area contributed by atoms with Gasteiger partial charge in [-0.3, -0.25) is 4.79 Å². The van der Waals surface area contributed by atoms with Gasteiger partial charge < -0.3 is 14.4 Å². The number of hydrogen-bond donors (Lipinski definition) is 0. The molecule has 0 aliphatic carbocycles. The molecule has 3 amide bonds. The first-order valence-corrected chi connectivity index (χ1v) is 8.63. The van der Waals surface area contributed by atoms with Crippen LogP contribution >= 0.6 is 0 Å². The van der Waals surface area contributed by atoms with E-state index in [0.717, 1.165) is 11.3 Å². The highest BCUT2D eigenvalue weighted by molar-refractivity contribution is 6.01. The normalized spacial score (nSPS) is 24.0. The van der Waals surface area contributed by atoms with Crippen LogP contribution in [0.5, 0.6) is 0 Å². The molecule has 2 aliphatic heterocycles. The fourth-order valence-electron chi connectivity index (χ4n) is 3.01. The lowest BCUT2D eigenvalue weighted by molar-refractivity contribution is -0.126. The molecule has 1 saturated heterocycles. The summed E-state index contributed by atoms with van der Waals surface area (Å²) >= 11 is 0. The lowest BCUT2D eigenvalue weighted by Gasteiger charge is -2.35. The molecule has 0 aromatic rings. The molecular weight excluding hydrogens is 324 g/mol. The molecule has 7 heteroatoms. The maximum absolute atomic E-state index is 12.5. The molecule has 140 valence electrons. The minimum absolute atomic E-state index is 0.301. The second kappa shape index (κ2) is 6.69. The molecule has 25 heavy (non-hydrogen) atoms. The van der Waals surface area contributed by atoms with Crippen molar-refractivity contribution in [3.8, 4) is 0 Å². The smallest absolute Gasteiger partial charge is 0.417 e. The van der Waals surface area contributed by atoms with Gasteiger partial charge >= 0.3 is 12.2 Å². The third-order valence-electron chi connectivity index (χ3n) is 3.88. The van der Waals surface area contributed by atoms with Crippen LogP contribution in [0.25, 0.3) is 0 Å². The summed E-state index contributed by atoms with van der Waals surface area (Å²) in [5, 5.41) is 0. The number of nitrogens with zero attached hydrogens (tertiary/aromatic N) is 2. The van der Waals surface area contributed by atoms with E-state index in [2.05, 4.69) is 0 Å². The van der Waals surface area contributed by atoms with Gasteiger partial charge in [0.15, 0.2) is 0 Å². The fourth-order valence-corrected chi connectivity index (χ4v) is 3.01. The van der Waals surface area contributed by atoms with Crippen LogP contribution in [-0.2, 0) is 14.3 Å². The van der Waals surface area contributed by atoms with Crippen molar-refractivity contribution in [3.63, 3.8) is 0 Å². The van der Waals surface area contributed by atoms with E-state index in [1.807, 2.05) is 20.8 Å². The molecule has 2 aliphatic rings. The van der Waals surface area contributed by atoms with Crippen LogP contribution in [0.4, 0.5) is 9.59 Å². The summed E-state index contributed by atoms with van der Waals surface area (Å²) in [4.78, 5) is 39.8. The number of likely N-dealkylation sites (tertiary alicyclic amines) is 1. The SMILES string of the molecule is CC(C)(C)OC(=O)N1CCCC1C1C=CC(=O)N1C(=O)OC(C)(C)C. The van der Waals surface area contributed by atoms with Crippen LogP contribution in [0.1, 0.15) is 54.4 Å². The van der Waals surface area contributed by atoms with Crippen molar-refractivity contribution in [1.82, 2.24) is 9.80 Å². The van der Waals surface area contributed by atoms with E-state index in [9.17, 15) is 14.4 Å². The maximum atomic E-state index is 12.5. The molecule has 2 rings (SSSR count). The van der Waals surface area contributed by atoms with Gasteiger partial charge in [-0.25, -0.2) is 14.5 Å². The van der Waals surface area contributed by atoms with E-state index in [1.54, 1.807) is 31.7 Å². The van der Waals surface area contributed by atoms with Crippen molar-refractivity contribution in [2.45, 2.75) is 77.7 Å². The van der Waals surface area contributed by atoms with E-state index < -0.39 is 35.3 Å². The highest BCUT2D eigenvalue weighted by Crippen LogP contribution is 2.29. The Balaban J connectivity index is 2.17. The van der Waals surface area contributed by atoms with E-state index in [0.29, 0.717) is 13.0 Å². The van der Waals surface area contributed by atoms with E-state index in [4.69, 9.17) is 9.47 Å². The Kier molecular flexibility index (Phi) is 5.16. The molecule has 2 unspecified atom stereocenters. The summed E-state index contributed by atoms with van der Waals surface area (Å²) in [7, 11) is 0. The number of rotatable bonds is 1. The summed E-state index contributed by atoms with van der Waals surface area (Å²) in [5.41, 5.74) is -1.30. The van der Waals surface area contributed by atoms with Gasteiger partial charge in [0.2, 0.25) is 0 Å². The molecule has 2 atom stereocenters. The van der Waals surface area contributed by atoms with Crippen LogP contribution in [0.3, 0.4) is 0 Å². The zero-order chi connectivity index (χ0) is 19.0. The summed E-state index contributed by atoms with van der Waals surface area (Å²) in [5.74, 6) is -0.421. The molecule has 2 heterocycles. The Labute approximate surface area is 148 Å². The molecular formula is C18H28N2O5. The largest absolute Gasteiger partial charge is 0.444 e. The second-order valence-electron chi connectivity index (χ2n) is 8.42. The van der Waals surface area contributed by atoms with Gasteiger partial charge in [0.1, 0.15) is 11.2 Å². The van der Waals surface area contributed by atoms with Crippen molar-refractivity contribution in [1.29, 1.82) is 0 Å². The van der Waals surface area contributed by atoms with Gasteiger partial charge in [-0.05, 0) is 54.4 Å². The zero-order valence-electron chi connectivity index (χ0n) is 15.9. The molecule has 0 spiro atoms. The van der Waals surface area contributed by atoms with Gasteiger partial charge in [-0.2, -0.15) is 0 Å². The number of hydrogen-bond acceptors (Lipinski definition) is 5. The van der Waals surface area contributed by atoms with Crippen LogP contribution in [-0.4, -0.2) is 57.7 Å². The van der Waals surface area contributed by atoms with Gasteiger partial charge in [0, 0.05) is 12.6 Å². The van der Waals surface area contributed by atoms with Crippen molar-refractivity contribution in [3.05, 3.63) is 12.2 Å². The first-order chi connectivity index (χ1) is 11.4. The molecule has 0 aromatic heterocycles. The number of imide groups is 1. The first kappa shape index (κ1) is 19.3. The number of carbonyl (C=O) groups is 3. The van der Waals surface area contributed by atoms with Crippen LogP contribution in [0.2, 0.25) is 0 Å². The van der Waals surface area contributed by atoms with E-state index in [1.165, 1.54) is 6.08 Å². The van der Waals surface area contributed by atoms with E-state index in [-0.39, 0.29) is 6.04 Å². The molecule has 0 bridgehead atoms. The van der Waals surface area contributed by atoms with Crippen molar-refractivity contribution in [2.75, 3.05) is 6.54 Å². The van der Waals surface area contributed by atoms with Gasteiger partial charge in [0.05, 0.1) is 12.1 Å². The Morgan fingerprint density at radius 2 is 1.60 bits per heavy atom. The molecule has 0 aromatic carbocycles. The standard InChI is InChI=1S/C18H28N2O5/c1-17(2,3)24-15(22)19-11-7-8-12(19)13-9-10-14(21)20(13)16(23)25-18(4,5)6/h9-10,12-13H,7-8,11H2,1-6H3. The molecule has 0 saturated carbocycles. The molecule has 0 radical (unpaired) electrons. The Morgan fingerprint density at radius 3 is 2.16 bits per heavy atom. The van der Waals surface area contributed by atoms with Crippen LogP contribution in [0, 0.1) is 0 Å². The summed E-state index contributed by atoms with van der Waals surface area (Å²) < 4.78 is 10.8. The quantitative estimate of drug-likeness (QED) is 0.725. The predicted octanol–water partition coefficient (Wildman–Crippen LogP) is 3.09. The third-order valence-corrected chi connectivity index (χ3v) is 3.88. The van der Waals surface area contributed by atoms with Gasteiger partial charge in [-0.1, -0.05) is 6.08 Å². The van der Waals surface area contributed by atoms with Crippen molar-refractivity contribution >= 4 is 18.1 Å². The molecule has 1 fully saturated rings. The first-order valence-electron chi connectivity index (χ1n) is 8.63. The van der Waals surface area contributed by atoms with Gasteiger partial charge in [0.25, 0.3) is 5.91 Å². The summed E-state index contributed by atoms with van der Waals surface area (Å²) in [6.45, 7) is 11.2. The van der Waals surface area contributed by atoms with E-state index >= 15 is 0 Å². The summed E-state index contributed by atoms with van der Waals surface area (Å²) in [6, 6.07) is -0.831. The zero-order valence-corrected chi connectivity index (χ0v) is 15.9. The number of amides is 3. The lowest BCUT2D eigenvalue weighted by Crippen LogP contribution is -2.53. The van der Waals surface area contributed by atoms with Crippen LogP contribution < -0.4 is 0 Å². The topological polar surface area (TPSA) is 76.2 Å². The summed E-state index contributed by atoms with van der Waals surface area (Å²) in [6.07, 6.45) is 3.40. The highest BCUT2D eigenvalue weighted by atomic mass is 16.6. The lowest BCUT2D eigenvalue weighted by atomic mass is 10.1. The Hall–Kier alpha value is -2.05. The maximum Gasteiger partial charge on any atom is 0.417 e. The Bertz CT molecular complexity index is 585. The minimum atomic E-state index is -0.703. The van der Waals surface area contributed by atoms with Crippen LogP contribution in [0.15, 0.2) is 12.2 Å². The average molecular weight is 352 g/mol. The van der Waals surface area contributed by atoms with Crippen molar-refractivity contribution < 1.29 is 23.9 Å². The average Bonchev–Trinajstić information content (AvgIpc) is 3.00.